The lowest BCUT2D eigenvalue weighted by Gasteiger charge is -2.10. The van der Waals surface area contributed by atoms with Gasteiger partial charge in [-0.15, -0.1) is 0 Å². The second-order valence-corrected chi connectivity index (χ2v) is 4.83. The van der Waals surface area contributed by atoms with Gasteiger partial charge in [-0.3, -0.25) is 0 Å². The smallest absolute Gasteiger partial charge is 0.337 e. The highest BCUT2D eigenvalue weighted by molar-refractivity contribution is 9.10. The lowest BCUT2D eigenvalue weighted by Crippen LogP contribution is -2.01. The van der Waals surface area contributed by atoms with Crippen LogP contribution in [0.1, 0.15) is 10.4 Å². The molecule has 0 amide bonds. The molecule has 3 nitrogen and oxygen atoms in total. The van der Waals surface area contributed by atoms with Crippen LogP contribution in [0.25, 0.3) is 11.1 Å². The van der Waals surface area contributed by atoms with E-state index in [1.54, 1.807) is 19.2 Å². The minimum Gasteiger partial charge on any atom is -0.496 e. The van der Waals surface area contributed by atoms with Crippen LogP contribution in [0.4, 0.5) is 0 Å². The van der Waals surface area contributed by atoms with Gasteiger partial charge in [-0.25, -0.2) is 4.79 Å². The van der Waals surface area contributed by atoms with Gasteiger partial charge in [-0.1, -0.05) is 28.1 Å². The Morgan fingerprint density at radius 1 is 1.11 bits per heavy atom. The van der Waals surface area contributed by atoms with Crippen molar-refractivity contribution in [2.24, 2.45) is 0 Å². The normalized spacial score (nSPS) is 10.1. The van der Waals surface area contributed by atoms with Gasteiger partial charge < -0.3 is 9.47 Å². The number of hydrogen-bond acceptors (Lipinski definition) is 3. The molecule has 4 heteroatoms. The van der Waals surface area contributed by atoms with E-state index < -0.39 is 0 Å². The fraction of sp³-hybridized carbons (Fsp3) is 0.133. The number of benzene rings is 2. The molecule has 2 rings (SSSR count). The molecule has 0 aliphatic heterocycles. The van der Waals surface area contributed by atoms with Crippen molar-refractivity contribution in [2.75, 3.05) is 14.2 Å². The highest BCUT2D eigenvalue weighted by Gasteiger charge is 2.10. The maximum atomic E-state index is 11.6. The van der Waals surface area contributed by atoms with Crippen molar-refractivity contribution in [3.63, 3.8) is 0 Å². The van der Waals surface area contributed by atoms with Crippen LogP contribution in [-0.4, -0.2) is 20.2 Å². The third-order valence-corrected chi connectivity index (χ3v) is 3.25. The van der Waals surface area contributed by atoms with Crippen molar-refractivity contribution < 1.29 is 14.3 Å². The summed E-state index contributed by atoms with van der Waals surface area (Å²) in [5.74, 6) is 0.404. The van der Waals surface area contributed by atoms with Crippen LogP contribution in [0.3, 0.4) is 0 Å². The molecule has 19 heavy (non-hydrogen) atoms. The summed E-state index contributed by atoms with van der Waals surface area (Å²) in [5, 5.41) is 0. The Kier molecular flexibility index (Phi) is 4.22. The molecule has 0 aliphatic carbocycles. The van der Waals surface area contributed by atoms with Gasteiger partial charge in [0.05, 0.1) is 19.8 Å². The number of hydrogen-bond donors (Lipinski definition) is 0. The van der Waals surface area contributed by atoms with Crippen molar-refractivity contribution in [2.45, 2.75) is 0 Å². The summed E-state index contributed by atoms with van der Waals surface area (Å²) in [7, 11) is 2.99. The Balaban J connectivity index is 2.52. The molecule has 0 saturated carbocycles. The molecule has 0 bridgehead atoms. The number of ether oxygens (including phenoxy) is 2. The molecule has 0 heterocycles. The Hall–Kier alpha value is -1.81. The highest BCUT2D eigenvalue weighted by Crippen LogP contribution is 2.33. The zero-order valence-corrected chi connectivity index (χ0v) is 12.2. The molecule has 0 atom stereocenters. The number of esters is 1. The molecule has 0 spiro atoms. The van der Waals surface area contributed by atoms with Crippen LogP contribution in [0.15, 0.2) is 46.9 Å². The van der Waals surface area contributed by atoms with E-state index in [0.717, 1.165) is 21.3 Å². The van der Waals surface area contributed by atoms with E-state index in [1.165, 1.54) is 7.11 Å². The fourth-order valence-corrected chi connectivity index (χ4v) is 2.20. The fourth-order valence-electron chi connectivity index (χ4n) is 1.84. The average Bonchev–Trinajstić information content (AvgIpc) is 2.46. The quantitative estimate of drug-likeness (QED) is 0.804. The first-order valence-corrected chi connectivity index (χ1v) is 6.47. The maximum absolute atomic E-state index is 11.6. The summed E-state index contributed by atoms with van der Waals surface area (Å²) in [5.41, 5.74) is 2.34. The zero-order valence-electron chi connectivity index (χ0n) is 10.6. The standard InChI is InChI=1S/C15H13BrO3/c1-18-14-7-6-12(16)9-13(14)10-4-3-5-11(8-10)15(17)19-2/h3-9H,1-2H3. The molecule has 0 N–H and O–H groups in total. The van der Waals surface area contributed by atoms with E-state index in [1.807, 2.05) is 30.3 Å². The highest BCUT2D eigenvalue weighted by atomic mass is 79.9. The average molecular weight is 321 g/mol. The van der Waals surface area contributed by atoms with Crippen LogP contribution in [0.5, 0.6) is 5.75 Å². The van der Waals surface area contributed by atoms with Gasteiger partial charge in [0.15, 0.2) is 0 Å². The Morgan fingerprint density at radius 2 is 1.89 bits per heavy atom. The predicted octanol–water partition coefficient (Wildman–Crippen LogP) is 3.91. The molecular formula is C15H13BrO3. The molecule has 0 fully saturated rings. The number of rotatable bonds is 3. The van der Waals surface area contributed by atoms with E-state index in [9.17, 15) is 4.79 Å². The monoisotopic (exact) mass is 320 g/mol. The van der Waals surface area contributed by atoms with Crippen LogP contribution in [0.2, 0.25) is 0 Å². The van der Waals surface area contributed by atoms with Crippen molar-refractivity contribution in [3.8, 4) is 16.9 Å². The molecule has 2 aromatic rings. The van der Waals surface area contributed by atoms with Gasteiger partial charge in [0, 0.05) is 10.0 Å². The molecule has 0 aliphatic rings. The SMILES string of the molecule is COC(=O)c1cccc(-c2cc(Br)ccc2OC)c1. The number of halogens is 1. The van der Waals surface area contributed by atoms with E-state index in [2.05, 4.69) is 15.9 Å². The molecule has 98 valence electrons. The minimum absolute atomic E-state index is 0.351. The predicted molar refractivity (Wildman–Crippen MR) is 77.5 cm³/mol. The number of carbonyl (C=O) groups excluding carboxylic acids is 1. The summed E-state index contributed by atoms with van der Waals surface area (Å²) < 4.78 is 11.0. The van der Waals surface area contributed by atoms with Crippen LogP contribution >= 0.6 is 15.9 Å². The first-order chi connectivity index (χ1) is 9.15. The summed E-state index contributed by atoms with van der Waals surface area (Å²) in [4.78, 5) is 11.6. The van der Waals surface area contributed by atoms with Gasteiger partial charge in [0.25, 0.3) is 0 Å². The summed E-state index contributed by atoms with van der Waals surface area (Å²) >= 11 is 3.44. The van der Waals surface area contributed by atoms with Crippen LogP contribution < -0.4 is 4.74 Å². The van der Waals surface area contributed by atoms with Gasteiger partial charge in [0.2, 0.25) is 0 Å². The lowest BCUT2D eigenvalue weighted by atomic mass is 10.0. The molecular weight excluding hydrogens is 308 g/mol. The van der Waals surface area contributed by atoms with Crippen molar-refractivity contribution in [3.05, 3.63) is 52.5 Å². The van der Waals surface area contributed by atoms with Gasteiger partial charge in [0.1, 0.15) is 5.75 Å². The van der Waals surface area contributed by atoms with Gasteiger partial charge >= 0.3 is 5.97 Å². The topological polar surface area (TPSA) is 35.5 Å². The number of methoxy groups -OCH3 is 2. The largest absolute Gasteiger partial charge is 0.496 e. The zero-order chi connectivity index (χ0) is 13.8. The second-order valence-electron chi connectivity index (χ2n) is 3.92. The van der Waals surface area contributed by atoms with E-state index in [0.29, 0.717) is 5.56 Å². The Labute approximate surface area is 120 Å². The van der Waals surface area contributed by atoms with E-state index in [4.69, 9.17) is 9.47 Å². The third-order valence-electron chi connectivity index (χ3n) is 2.76. The van der Waals surface area contributed by atoms with Crippen molar-refractivity contribution >= 4 is 21.9 Å². The molecule has 0 unspecified atom stereocenters. The van der Waals surface area contributed by atoms with Crippen LogP contribution in [0, 0.1) is 0 Å². The van der Waals surface area contributed by atoms with Gasteiger partial charge in [-0.2, -0.15) is 0 Å². The second kappa shape index (κ2) is 5.89. The maximum Gasteiger partial charge on any atom is 0.337 e. The van der Waals surface area contributed by atoms with Crippen molar-refractivity contribution in [1.82, 2.24) is 0 Å². The third kappa shape index (κ3) is 2.96. The molecule has 0 radical (unpaired) electrons. The van der Waals surface area contributed by atoms with E-state index in [-0.39, 0.29) is 5.97 Å². The van der Waals surface area contributed by atoms with Crippen LogP contribution in [-0.2, 0) is 4.74 Å². The van der Waals surface area contributed by atoms with Gasteiger partial charge in [-0.05, 0) is 35.9 Å². The first-order valence-electron chi connectivity index (χ1n) is 5.68. The molecule has 2 aromatic carbocycles. The molecule has 0 aromatic heterocycles. The lowest BCUT2D eigenvalue weighted by molar-refractivity contribution is 0.0601. The first kappa shape index (κ1) is 13.6. The minimum atomic E-state index is -0.351. The molecule has 0 saturated heterocycles. The van der Waals surface area contributed by atoms with E-state index >= 15 is 0 Å². The Morgan fingerprint density at radius 3 is 2.58 bits per heavy atom. The summed E-state index contributed by atoms with van der Waals surface area (Å²) in [6.45, 7) is 0. The summed E-state index contributed by atoms with van der Waals surface area (Å²) in [6.07, 6.45) is 0. The number of carbonyl (C=O) groups is 1. The van der Waals surface area contributed by atoms with Crippen molar-refractivity contribution in [1.29, 1.82) is 0 Å². The summed E-state index contributed by atoms with van der Waals surface area (Å²) in [6, 6.07) is 13.0. The Bertz CT molecular complexity index is 608.